The largest absolute Gasteiger partial charge is 0.343 e. The Morgan fingerprint density at radius 3 is 1.03 bits per heavy atom. The van der Waals surface area contributed by atoms with Crippen LogP contribution in [0, 0.1) is 0 Å². The molecule has 2 rings (SSSR count). The minimum atomic E-state index is -0.253. The molecule has 29 heavy (non-hydrogen) atoms. The molecule has 2 heteroatoms. The zero-order valence-corrected chi connectivity index (χ0v) is 20.5. The summed E-state index contributed by atoms with van der Waals surface area (Å²) < 4.78 is 14.1. The maximum Gasteiger partial charge on any atom is 0.169 e. The van der Waals surface area contributed by atoms with Gasteiger partial charge < -0.3 is 9.47 Å². The SMILES string of the molecule is CCCCCC1(CCCCC)CCC2(CCC(CCCCC)(CCCCC)O2)O1. The predicted molar refractivity (Wildman–Crippen MR) is 125 cm³/mol. The van der Waals surface area contributed by atoms with Gasteiger partial charge in [0.25, 0.3) is 0 Å². The lowest BCUT2D eigenvalue weighted by atomic mass is 9.86. The molecule has 0 aromatic rings. The highest BCUT2D eigenvalue weighted by Crippen LogP contribution is 2.54. The molecule has 2 fully saturated rings. The van der Waals surface area contributed by atoms with E-state index in [9.17, 15) is 0 Å². The van der Waals surface area contributed by atoms with Crippen molar-refractivity contribution in [3.05, 3.63) is 0 Å². The van der Waals surface area contributed by atoms with Crippen LogP contribution in [-0.4, -0.2) is 17.0 Å². The Balaban J connectivity index is 2.03. The van der Waals surface area contributed by atoms with Crippen LogP contribution in [0.5, 0.6) is 0 Å². The summed E-state index contributed by atoms with van der Waals surface area (Å²) >= 11 is 0. The van der Waals surface area contributed by atoms with E-state index >= 15 is 0 Å². The first-order valence-corrected chi connectivity index (χ1v) is 13.5. The Bertz CT molecular complexity index is 370. The molecule has 0 aromatic carbocycles. The average molecular weight is 409 g/mol. The van der Waals surface area contributed by atoms with E-state index < -0.39 is 0 Å². The fourth-order valence-corrected chi connectivity index (χ4v) is 5.82. The summed E-state index contributed by atoms with van der Waals surface area (Å²) in [4.78, 5) is 0. The van der Waals surface area contributed by atoms with Crippen LogP contribution >= 0.6 is 0 Å². The first-order chi connectivity index (χ1) is 14.1. The third-order valence-corrected chi connectivity index (χ3v) is 7.67. The van der Waals surface area contributed by atoms with E-state index in [0.29, 0.717) is 0 Å². The van der Waals surface area contributed by atoms with Crippen molar-refractivity contribution in [1.29, 1.82) is 0 Å². The molecule has 172 valence electrons. The molecule has 0 saturated carbocycles. The minimum absolute atomic E-state index is 0.104. The van der Waals surface area contributed by atoms with Crippen LogP contribution in [0.2, 0.25) is 0 Å². The van der Waals surface area contributed by atoms with Gasteiger partial charge in [-0.1, -0.05) is 105 Å². The summed E-state index contributed by atoms with van der Waals surface area (Å²) in [7, 11) is 0. The van der Waals surface area contributed by atoms with Crippen LogP contribution in [0.3, 0.4) is 0 Å². The lowest BCUT2D eigenvalue weighted by Gasteiger charge is -2.36. The second kappa shape index (κ2) is 12.7. The molecule has 0 atom stereocenters. The third kappa shape index (κ3) is 7.53. The molecule has 0 amide bonds. The Hall–Kier alpha value is -0.0800. The van der Waals surface area contributed by atoms with Gasteiger partial charge in [0.05, 0.1) is 11.2 Å². The zero-order chi connectivity index (χ0) is 21.1. The predicted octanol–water partition coefficient (Wildman–Crippen LogP) is 9.10. The van der Waals surface area contributed by atoms with Crippen molar-refractivity contribution >= 4 is 0 Å². The third-order valence-electron chi connectivity index (χ3n) is 7.67. The lowest BCUT2D eigenvalue weighted by Crippen LogP contribution is -2.39. The van der Waals surface area contributed by atoms with Gasteiger partial charge in [0, 0.05) is 12.8 Å². The van der Waals surface area contributed by atoms with Crippen molar-refractivity contribution in [3.8, 4) is 0 Å². The summed E-state index contributed by atoms with van der Waals surface area (Å²) in [5.74, 6) is -0.253. The normalized spacial score (nSPS) is 21.9. The van der Waals surface area contributed by atoms with Crippen LogP contribution < -0.4 is 0 Å². The Morgan fingerprint density at radius 2 is 0.759 bits per heavy atom. The van der Waals surface area contributed by atoms with Gasteiger partial charge in [-0.15, -0.1) is 0 Å². The van der Waals surface area contributed by atoms with Crippen LogP contribution in [0.15, 0.2) is 0 Å². The van der Waals surface area contributed by atoms with Gasteiger partial charge >= 0.3 is 0 Å². The van der Waals surface area contributed by atoms with Gasteiger partial charge in [0.15, 0.2) is 5.79 Å². The highest BCUT2D eigenvalue weighted by molar-refractivity contribution is 5.00. The summed E-state index contributed by atoms with van der Waals surface area (Å²) in [6, 6.07) is 0. The quantitative estimate of drug-likeness (QED) is 0.237. The van der Waals surface area contributed by atoms with E-state index in [2.05, 4.69) is 27.7 Å². The van der Waals surface area contributed by atoms with Crippen LogP contribution in [0.1, 0.15) is 156 Å². The van der Waals surface area contributed by atoms with Crippen LogP contribution in [0.25, 0.3) is 0 Å². The van der Waals surface area contributed by atoms with E-state index in [1.807, 2.05) is 0 Å². The van der Waals surface area contributed by atoms with Gasteiger partial charge in [-0.05, 0) is 38.5 Å². The Kier molecular flexibility index (Phi) is 11.0. The maximum atomic E-state index is 7.04. The maximum absolute atomic E-state index is 7.04. The monoisotopic (exact) mass is 408 g/mol. The van der Waals surface area contributed by atoms with Crippen molar-refractivity contribution in [1.82, 2.24) is 0 Å². The smallest absolute Gasteiger partial charge is 0.169 e. The highest BCUT2D eigenvalue weighted by Gasteiger charge is 2.56. The summed E-state index contributed by atoms with van der Waals surface area (Å²) in [6.45, 7) is 9.23. The topological polar surface area (TPSA) is 18.5 Å². The van der Waals surface area contributed by atoms with E-state index in [-0.39, 0.29) is 17.0 Å². The minimum Gasteiger partial charge on any atom is -0.343 e. The molecular weight excluding hydrogens is 356 g/mol. The molecule has 0 aromatic heterocycles. The average Bonchev–Trinajstić information content (AvgIpc) is 3.24. The summed E-state index contributed by atoms with van der Waals surface area (Å²) in [5, 5.41) is 0. The molecule has 0 N–H and O–H groups in total. The van der Waals surface area contributed by atoms with Crippen molar-refractivity contribution in [2.45, 2.75) is 173 Å². The molecular formula is C27H52O2. The number of hydrogen-bond donors (Lipinski definition) is 0. The molecule has 2 saturated heterocycles. The van der Waals surface area contributed by atoms with E-state index in [1.165, 1.54) is 116 Å². The fraction of sp³-hybridized carbons (Fsp3) is 1.00. The second-order valence-electron chi connectivity index (χ2n) is 10.3. The van der Waals surface area contributed by atoms with E-state index in [0.717, 1.165) is 12.8 Å². The van der Waals surface area contributed by atoms with Crippen molar-refractivity contribution in [3.63, 3.8) is 0 Å². The molecule has 2 nitrogen and oxygen atoms in total. The van der Waals surface area contributed by atoms with Gasteiger partial charge in [-0.25, -0.2) is 0 Å². The number of ether oxygens (including phenoxy) is 2. The molecule has 0 unspecified atom stereocenters. The van der Waals surface area contributed by atoms with Crippen LogP contribution in [0.4, 0.5) is 0 Å². The highest BCUT2D eigenvalue weighted by atomic mass is 16.7. The number of rotatable bonds is 16. The Morgan fingerprint density at radius 1 is 0.448 bits per heavy atom. The molecule has 0 radical (unpaired) electrons. The van der Waals surface area contributed by atoms with Gasteiger partial charge in [-0.2, -0.15) is 0 Å². The van der Waals surface area contributed by atoms with Gasteiger partial charge in [0.2, 0.25) is 0 Å². The van der Waals surface area contributed by atoms with Crippen LogP contribution in [-0.2, 0) is 9.47 Å². The summed E-state index contributed by atoms with van der Waals surface area (Å²) in [6.07, 6.45) is 25.5. The number of hydrogen-bond acceptors (Lipinski definition) is 2. The molecule has 2 aliphatic heterocycles. The molecule has 2 aliphatic rings. The van der Waals surface area contributed by atoms with Crippen molar-refractivity contribution < 1.29 is 9.47 Å². The number of unbranched alkanes of at least 4 members (excludes halogenated alkanes) is 8. The first-order valence-electron chi connectivity index (χ1n) is 13.5. The molecule has 1 spiro atoms. The lowest BCUT2D eigenvalue weighted by molar-refractivity contribution is -0.268. The Labute approximate surface area is 182 Å². The second-order valence-corrected chi connectivity index (χ2v) is 10.3. The zero-order valence-electron chi connectivity index (χ0n) is 20.5. The van der Waals surface area contributed by atoms with Crippen molar-refractivity contribution in [2.75, 3.05) is 0 Å². The standard InChI is InChI=1S/C27H52O2/c1-5-9-13-17-25(18-14-10-6-2)21-23-27(28-25)24-22-26(29-27,19-15-11-7-3)20-16-12-8-4/h5-24H2,1-4H3. The first kappa shape index (κ1) is 25.2. The molecule has 0 bridgehead atoms. The van der Waals surface area contributed by atoms with Crippen molar-refractivity contribution in [2.24, 2.45) is 0 Å². The van der Waals surface area contributed by atoms with E-state index in [4.69, 9.17) is 9.47 Å². The van der Waals surface area contributed by atoms with E-state index in [1.54, 1.807) is 0 Å². The summed E-state index contributed by atoms with van der Waals surface area (Å²) in [5.41, 5.74) is 0.209. The van der Waals surface area contributed by atoms with Gasteiger partial charge in [-0.3, -0.25) is 0 Å². The fourth-order valence-electron chi connectivity index (χ4n) is 5.82. The molecule has 2 heterocycles. The molecule has 0 aliphatic carbocycles. The van der Waals surface area contributed by atoms with Gasteiger partial charge in [0.1, 0.15) is 0 Å².